The number of carbonyl (C=O) groups excluding carboxylic acids is 1. The zero-order chi connectivity index (χ0) is 15.2. The van der Waals surface area contributed by atoms with Crippen LogP contribution in [0.4, 0.5) is 4.79 Å². The van der Waals surface area contributed by atoms with Gasteiger partial charge in [0, 0.05) is 6.54 Å². The third-order valence-electron chi connectivity index (χ3n) is 2.21. The van der Waals surface area contributed by atoms with E-state index in [1.807, 2.05) is 0 Å². The Morgan fingerprint density at radius 2 is 1.90 bits per heavy atom. The minimum absolute atomic E-state index is 0.256. The van der Waals surface area contributed by atoms with E-state index in [9.17, 15) is 18.3 Å². The van der Waals surface area contributed by atoms with Crippen LogP contribution in [0.25, 0.3) is 0 Å². The molecule has 0 aliphatic carbocycles. The van der Waals surface area contributed by atoms with Crippen LogP contribution in [0.3, 0.4) is 0 Å². The van der Waals surface area contributed by atoms with Crippen molar-refractivity contribution in [2.75, 3.05) is 6.54 Å². The summed E-state index contributed by atoms with van der Waals surface area (Å²) in [5, 5.41) is 9.79. The molecule has 3 N–H and O–H groups in total. The highest BCUT2D eigenvalue weighted by Crippen LogP contribution is 2.10. The monoisotopic (exact) mass is 302 g/mol. The summed E-state index contributed by atoms with van der Waals surface area (Å²) in [5.74, 6) is 0. The van der Waals surface area contributed by atoms with Crippen molar-refractivity contribution < 1.29 is 23.1 Å². The number of benzene rings is 1. The summed E-state index contributed by atoms with van der Waals surface area (Å²) in [6, 6.07) is 8.57. The Labute approximate surface area is 118 Å². The first-order valence-electron chi connectivity index (χ1n) is 6.01. The Morgan fingerprint density at radius 3 is 2.45 bits per heavy atom. The minimum Gasteiger partial charge on any atom is -0.446 e. The van der Waals surface area contributed by atoms with Gasteiger partial charge in [-0.2, -0.15) is 13.1 Å². The molecule has 0 saturated heterocycles. The lowest BCUT2D eigenvalue weighted by atomic mass is 10.1. The Hall–Kier alpha value is -1.64. The third-order valence-corrected chi connectivity index (χ3v) is 3.19. The van der Waals surface area contributed by atoms with Crippen molar-refractivity contribution in [3.05, 3.63) is 35.9 Å². The van der Waals surface area contributed by atoms with Crippen molar-refractivity contribution in [2.24, 2.45) is 0 Å². The first kappa shape index (κ1) is 16.4. The lowest BCUT2D eigenvalue weighted by Gasteiger charge is -2.13. The van der Waals surface area contributed by atoms with E-state index in [2.05, 4.69) is 9.46 Å². The van der Waals surface area contributed by atoms with Crippen LogP contribution in [0.5, 0.6) is 0 Å². The average molecular weight is 302 g/mol. The number of rotatable bonds is 6. The molecule has 7 nitrogen and oxygen atoms in total. The summed E-state index contributed by atoms with van der Waals surface area (Å²) >= 11 is 0. The molecule has 0 heterocycles. The van der Waals surface area contributed by atoms with Crippen LogP contribution in [0, 0.1) is 0 Å². The Morgan fingerprint density at radius 1 is 1.30 bits per heavy atom. The second-order valence-electron chi connectivity index (χ2n) is 4.33. The molecule has 0 aromatic heterocycles. The quantitative estimate of drug-likeness (QED) is 0.717. The van der Waals surface area contributed by atoms with Crippen molar-refractivity contribution >= 4 is 16.3 Å². The Balaban J connectivity index is 2.49. The molecule has 0 radical (unpaired) electrons. The zero-order valence-electron chi connectivity index (χ0n) is 11.2. The molecule has 0 aliphatic heterocycles. The number of hydrogen-bond donors (Lipinski definition) is 3. The summed E-state index contributed by atoms with van der Waals surface area (Å²) < 4.78 is 31.4. The number of nitrogens with one attached hydrogen (secondary N) is 2. The first-order valence-corrected chi connectivity index (χ1v) is 7.49. The number of amides is 1. The predicted octanol–water partition coefficient (Wildman–Crippen LogP) is 0.689. The molecule has 1 rings (SSSR count). The molecule has 112 valence electrons. The minimum atomic E-state index is -4.06. The molecule has 0 bridgehead atoms. The largest absolute Gasteiger partial charge is 0.446 e. The van der Waals surface area contributed by atoms with Gasteiger partial charge in [0.15, 0.2) is 0 Å². The van der Waals surface area contributed by atoms with Crippen LogP contribution >= 0.6 is 0 Å². The molecule has 1 unspecified atom stereocenters. The molecule has 0 aliphatic rings. The van der Waals surface area contributed by atoms with E-state index >= 15 is 0 Å². The highest BCUT2D eigenvalue weighted by molar-refractivity contribution is 7.88. The molecule has 0 saturated carbocycles. The van der Waals surface area contributed by atoms with Gasteiger partial charge in [-0.15, -0.1) is 0 Å². The summed E-state index contributed by atoms with van der Waals surface area (Å²) in [6.45, 7) is 2.94. The molecule has 1 amide bonds. The lowest BCUT2D eigenvalue weighted by Crippen LogP contribution is -2.42. The van der Waals surface area contributed by atoms with Gasteiger partial charge in [0.1, 0.15) is 0 Å². The molecular formula is C12H18N2O5S. The smallest absolute Gasteiger partial charge is 0.422 e. The number of hydrogen-bond acceptors (Lipinski definition) is 5. The van der Waals surface area contributed by atoms with E-state index in [0.29, 0.717) is 5.56 Å². The predicted molar refractivity (Wildman–Crippen MR) is 73.1 cm³/mol. The maximum Gasteiger partial charge on any atom is 0.422 e. The maximum absolute atomic E-state index is 11.5. The van der Waals surface area contributed by atoms with E-state index < -0.39 is 28.5 Å². The van der Waals surface area contributed by atoms with Crippen LogP contribution in [0.1, 0.15) is 25.5 Å². The van der Waals surface area contributed by atoms with E-state index in [-0.39, 0.29) is 6.54 Å². The summed E-state index contributed by atoms with van der Waals surface area (Å²) in [7, 11) is -4.06. The van der Waals surface area contributed by atoms with Gasteiger partial charge in [-0.1, -0.05) is 30.3 Å². The molecule has 1 aromatic rings. The molecule has 1 atom stereocenters. The van der Waals surface area contributed by atoms with E-state index in [4.69, 9.17) is 0 Å². The van der Waals surface area contributed by atoms with Crippen molar-refractivity contribution in [3.63, 3.8) is 0 Å². The summed E-state index contributed by atoms with van der Waals surface area (Å²) in [4.78, 5) is 11.2. The van der Waals surface area contributed by atoms with Gasteiger partial charge in [0.2, 0.25) is 0 Å². The number of ether oxygens (including phenoxy) is 1. The summed E-state index contributed by atoms with van der Waals surface area (Å²) in [5.41, 5.74) is 0.569. The van der Waals surface area contributed by atoms with Crippen molar-refractivity contribution in [1.29, 1.82) is 0 Å². The fourth-order valence-corrected chi connectivity index (χ4v) is 2.08. The van der Waals surface area contributed by atoms with Crippen LogP contribution in [0.15, 0.2) is 30.3 Å². The van der Waals surface area contributed by atoms with Gasteiger partial charge in [-0.3, -0.25) is 0 Å². The van der Waals surface area contributed by atoms with Crippen molar-refractivity contribution in [1.82, 2.24) is 9.44 Å². The Bertz CT molecular complexity index is 530. The van der Waals surface area contributed by atoms with Gasteiger partial charge < -0.3 is 9.84 Å². The topological polar surface area (TPSA) is 105 Å². The van der Waals surface area contributed by atoms with E-state index in [1.165, 1.54) is 0 Å². The van der Waals surface area contributed by atoms with Crippen LogP contribution in [-0.4, -0.2) is 32.3 Å². The van der Waals surface area contributed by atoms with Gasteiger partial charge in [-0.25, -0.2) is 9.52 Å². The standard InChI is InChI=1S/C12H18N2O5S/c1-9(2)19-12(16)14-20(17,18)13-8-11(15)10-6-4-3-5-7-10/h3-7,9,11,13,15H,8H2,1-2H3,(H,14,16). The van der Waals surface area contributed by atoms with Crippen molar-refractivity contribution in [3.8, 4) is 0 Å². The second kappa shape index (κ2) is 7.22. The Kier molecular flexibility index (Phi) is 5.93. The van der Waals surface area contributed by atoms with E-state index in [1.54, 1.807) is 48.9 Å². The summed E-state index contributed by atoms with van der Waals surface area (Å²) in [6.07, 6.45) is -2.50. The zero-order valence-corrected chi connectivity index (χ0v) is 12.1. The van der Waals surface area contributed by atoms with Crippen molar-refractivity contribution in [2.45, 2.75) is 26.1 Å². The van der Waals surface area contributed by atoms with Gasteiger partial charge >= 0.3 is 16.3 Å². The molecular weight excluding hydrogens is 284 g/mol. The van der Waals surface area contributed by atoms with Gasteiger partial charge in [0.05, 0.1) is 12.2 Å². The second-order valence-corrected chi connectivity index (χ2v) is 5.83. The highest BCUT2D eigenvalue weighted by atomic mass is 32.2. The lowest BCUT2D eigenvalue weighted by molar-refractivity contribution is 0.121. The van der Waals surface area contributed by atoms with Crippen LogP contribution < -0.4 is 9.44 Å². The average Bonchev–Trinajstić information content (AvgIpc) is 2.35. The first-order chi connectivity index (χ1) is 9.30. The molecule has 1 aromatic carbocycles. The third kappa shape index (κ3) is 6.00. The SMILES string of the molecule is CC(C)OC(=O)NS(=O)(=O)NCC(O)c1ccccc1. The molecule has 0 fully saturated rings. The van der Waals surface area contributed by atoms with Crippen LogP contribution in [0.2, 0.25) is 0 Å². The highest BCUT2D eigenvalue weighted by Gasteiger charge is 2.18. The van der Waals surface area contributed by atoms with E-state index in [0.717, 1.165) is 0 Å². The van der Waals surface area contributed by atoms with Crippen LogP contribution in [-0.2, 0) is 14.9 Å². The maximum atomic E-state index is 11.5. The number of aliphatic hydroxyl groups excluding tert-OH is 1. The molecule has 0 spiro atoms. The van der Waals surface area contributed by atoms with Gasteiger partial charge in [0.25, 0.3) is 0 Å². The molecule has 8 heteroatoms. The number of carbonyl (C=O) groups is 1. The normalized spacial score (nSPS) is 13.0. The van der Waals surface area contributed by atoms with Gasteiger partial charge in [-0.05, 0) is 19.4 Å². The fraction of sp³-hybridized carbons (Fsp3) is 0.417. The number of aliphatic hydroxyl groups is 1. The molecule has 20 heavy (non-hydrogen) atoms. The fourth-order valence-electron chi connectivity index (χ4n) is 1.37.